The molecule has 0 N–H and O–H groups in total. The van der Waals surface area contributed by atoms with Crippen LogP contribution in [0.15, 0.2) is 30.6 Å². The predicted octanol–water partition coefficient (Wildman–Crippen LogP) is 2.13. The SMILES string of the molecule is F[C](F)(F)[Ir].c1ccncc1. The Morgan fingerprint density at radius 2 is 1.36 bits per heavy atom. The van der Waals surface area contributed by atoms with E-state index in [0.717, 1.165) is 0 Å². The molecule has 0 saturated heterocycles. The van der Waals surface area contributed by atoms with Crippen molar-refractivity contribution in [3.8, 4) is 0 Å². The molecule has 0 atom stereocenters. The number of pyridine rings is 1. The molecule has 0 fully saturated rings. The average molecular weight is 340 g/mol. The zero-order valence-electron chi connectivity index (χ0n) is 5.30. The van der Waals surface area contributed by atoms with Gasteiger partial charge >= 0.3 is 36.8 Å². The van der Waals surface area contributed by atoms with E-state index in [1.54, 1.807) is 12.4 Å². The Labute approximate surface area is 72.8 Å². The first kappa shape index (κ1) is 10.6. The quantitative estimate of drug-likeness (QED) is 0.705. The molecule has 1 heterocycles. The molecule has 0 radical (unpaired) electrons. The fourth-order valence-corrected chi connectivity index (χ4v) is 0.313. The summed E-state index contributed by atoms with van der Waals surface area (Å²) in [6.45, 7) is 0. The molecule has 1 nitrogen and oxygen atoms in total. The van der Waals surface area contributed by atoms with Crippen LogP contribution in [0, 0.1) is 0 Å². The van der Waals surface area contributed by atoms with Crippen molar-refractivity contribution in [3.05, 3.63) is 30.6 Å². The molecule has 0 amide bonds. The fraction of sp³-hybridized carbons (Fsp3) is 0.167. The molecule has 0 unspecified atom stereocenters. The summed E-state index contributed by atoms with van der Waals surface area (Å²) >= 11 is 0.188. The molecule has 0 aromatic carbocycles. The summed E-state index contributed by atoms with van der Waals surface area (Å²) in [5, 5.41) is 0. The average Bonchev–Trinajstić information content (AvgIpc) is 1.88. The Hall–Kier alpha value is -0.411. The molecule has 0 saturated carbocycles. The van der Waals surface area contributed by atoms with Gasteiger partial charge in [-0.1, -0.05) is 6.07 Å². The van der Waals surface area contributed by atoms with Crippen molar-refractivity contribution in [1.29, 1.82) is 0 Å². The van der Waals surface area contributed by atoms with Gasteiger partial charge in [-0.2, -0.15) is 0 Å². The van der Waals surface area contributed by atoms with Gasteiger partial charge in [0.05, 0.1) is 0 Å². The molecule has 1 aromatic rings. The summed E-state index contributed by atoms with van der Waals surface area (Å²) in [5.74, 6) is 0. The standard InChI is InChI=1S/C5H5N.CF3.Ir/c1-2-4-6-5-3-1;2-1(3)4;/h1-5H;;. The van der Waals surface area contributed by atoms with Crippen LogP contribution in [0.3, 0.4) is 0 Å². The Kier molecular flexibility index (Phi) is 5.07. The van der Waals surface area contributed by atoms with Crippen LogP contribution < -0.4 is 0 Å². The van der Waals surface area contributed by atoms with Gasteiger partial charge in [0.2, 0.25) is 0 Å². The predicted molar refractivity (Wildman–Crippen MR) is 30.3 cm³/mol. The molecule has 0 bridgehead atoms. The Morgan fingerprint density at radius 3 is 1.45 bits per heavy atom. The van der Waals surface area contributed by atoms with E-state index >= 15 is 0 Å². The van der Waals surface area contributed by atoms with E-state index in [4.69, 9.17) is 0 Å². The van der Waals surface area contributed by atoms with Gasteiger partial charge in [0.25, 0.3) is 0 Å². The second-order valence-electron chi connectivity index (χ2n) is 1.43. The van der Waals surface area contributed by atoms with E-state index in [1.807, 2.05) is 18.2 Å². The molecular formula is C6H5F3IrN. The van der Waals surface area contributed by atoms with Crippen molar-refractivity contribution in [3.63, 3.8) is 0 Å². The summed E-state index contributed by atoms with van der Waals surface area (Å²) in [4.78, 5) is 3.78. The first-order valence-electron chi connectivity index (χ1n) is 2.58. The van der Waals surface area contributed by atoms with Crippen LogP contribution in [0.4, 0.5) is 13.2 Å². The van der Waals surface area contributed by atoms with Crippen LogP contribution in [0.1, 0.15) is 0 Å². The molecule has 64 valence electrons. The van der Waals surface area contributed by atoms with Crippen LogP contribution in [0.5, 0.6) is 0 Å². The summed E-state index contributed by atoms with van der Waals surface area (Å²) in [6.07, 6.45) is 3.50. The van der Waals surface area contributed by atoms with Gasteiger partial charge in [0, 0.05) is 12.4 Å². The van der Waals surface area contributed by atoms with E-state index in [9.17, 15) is 13.2 Å². The summed E-state index contributed by atoms with van der Waals surface area (Å²) in [5.41, 5.74) is 0. The van der Waals surface area contributed by atoms with Crippen LogP contribution in [-0.4, -0.2) is 9.67 Å². The second kappa shape index (κ2) is 5.27. The van der Waals surface area contributed by atoms with Gasteiger partial charge in [-0.25, -0.2) is 0 Å². The summed E-state index contributed by atoms with van der Waals surface area (Å²) in [7, 11) is 0. The van der Waals surface area contributed by atoms with Crippen LogP contribution >= 0.6 is 0 Å². The van der Waals surface area contributed by atoms with Crippen molar-refractivity contribution in [2.75, 3.05) is 0 Å². The maximum absolute atomic E-state index is 10.4. The smallest absolute Gasteiger partial charge is 0.0267 e. The van der Waals surface area contributed by atoms with Crippen molar-refractivity contribution in [2.45, 2.75) is 4.69 Å². The minimum absolute atomic E-state index is 0.188. The Morgan fingerprint density at radius 1 is 1.00 bits per heavy atom. The monoisotopic (exact) mass is 341 g/mol. The maximum atomic E-state index is 10.4. The van der Waals surface area contributed by atoms with Gasteiger partial charge in [0.15, 0.2) is 0 Å². The molecule has 0 spiro atoms. The topological polar surface area (TPSA) is 12.9 Å². The van der Waals surface area contributed by atoms with Gasteiger partial charge in [-0.3, -0.25) is 4.98 Å². The number of hydrogen-bond donors (Lipinski definition) is 0. The van der Waals surface area contributed by atoms with Gasteiger partial charge in [-0.05, 0) is 12.1 Å². The van der Waals surface area contributed by atoms with Crippen molar-refractivity contribution >= 4 is 0 Å². The molecule has 0 aliphatic rings. The van der Waals surface area contributed by atoms with E-state index < -0.39 is 4.69 Å². The molecule has 11 heavy (non-hydrogen) atoms. The molecule has 0 aliphatic carbocycles. The van der Waals surface area contributed by atoms with Crippen molar-refractivity contribution < 1.29 is 32.1 Å². The number of hydrogen-bond acceptors (Lipinski definition) is 1. The second-order valence-corrected chi connectivity index (χ2v) is 2.79. The van der Waals surface area contributed by atoms with E-state index in [1.165, 1.54) is 0 Å². The number of aromatic nitrogens is 1. The van der Waals surface area contributed by atoms with Crippen LogP contribution in [0.2, 0.25) is 0 Å². The molecule has 1 aromatic heterocycles. The maximum Gasteiger partial charge on any atom is 0.0267 e. The Bertz CT molecular complexity index is 142. The number of nitrogens with zero attached hydrogens (tertiary/aromatic N) is 1. The Balaban J connectivity index is 0.000000187. The van der Waals surface area contributed by atoms with Gasteiger partial charge in [-0.15, -0.1) is 0 Å². The minimum Gasteiger partial charge on any atom is -0.265 e. The third-order valence-corrected chi connectivity index (χ3v) is 0.566. The molecule has 5 heteroatoms. The van der Waals surface area contributed by atoms with E-state index in [-0.39, 0.29) is 18.9 Å². The van der Waals surface area contributed by atoms with E-state index in [0.29, 0.717) is 0 Å². The van der Waals surface area contributed by atoms with E-state index in [2.05, 4.69) is 4.98 Å². The fourth-order valence-electron chi connectivity index (χ4n) is 0.313. The largest absolute Gasteiger partial charge is 0.265 e. The van der Waals surface area contributed by atoms with Crippen LogP contribution in [-0.2, 0) is 18.9 Å². The summed E-state index contributed by atoms with van der Waals surface area (Å²) in [6, 6.07) is 5.72. The number of rotatable bonds is 0. The normalized spacial score (nSPS) is 9.91. The first-order valence-corrected chi connectivity index (χ1v) is 3.78. The molecular weight excluding hydrogens is 335 g/mol. The van der Waals surface area contributed by atoms with Crippen molar-refractivity contribution in [1.82, 2.24) is 4.98 Å². The molecule has 1 rings (SSSR count). The van der Waals surface area contributed by atoms with Gasteiger partial charge in [0.1, 0.15) is 0 Å². The first-order chi connectivity index (χ1) is 5.00. The molecule has 0 aliphatic heterocycles. The summed E-state index contributed by atoms with van der Waals surface area (Å²) < 4.78 is 27.1. The van der Waals surface area contributed by atoms with Gasteiger partial charge < -0.3 is 0 Å². The number of halogens is 3. The van der Waals surface area contributed by atoms with Crippen LogP contribution in [0.25, 0.3) is 0 Å². The number of alkyl halides is 3. The minimum atomic E-state index is -4.00. The van der Waals surface area contributed by atoms with Crippen molar-refractivity contribution in [2.24, 2.45) is 0 Å². The zero-order chi connectivity index (χ0) is 8.74. The third kappa shape index (κ3) is 17.7. The third-order valence-electron chi connectivity index (χ3n) is 0.566. The zero-order valence-corrected chi connectivity index (χ0v) is 7.70.